The minimum absolute atomic E-state index is 0. The van der Waals surface area contributed by atoms with Gasteiger partial charge in [0.2, 0.25) is 0 Å². The second kappa shape index (κ2) is 5.44. The van der Waals surface area contributed by atoms with Gasteiger partial charge < -0.3 is 5.32 Å². The molecule has 1 aliphatic heterocycles. The lowest BCUT2D eigenvalue weighted by atomic mass is 9.80. The van der Waals surface area contributed by atoms with Gasteiger partial charge in [-0.3, -0.25) is 0 Å². The van der Waals surface area contributed by atoms with Crippen LogP contribution in [-0.2, 0) is 0 Å². The van der Waals surface area contributed by atoms with E-state index in [0.717, 1.165) is 12.8 Å². The summed E-state index contributed by atoms with van der Waals surface area (Å²) >= 11 is 0. The van der Waals surface area contributed by atoms with Crippen molar-refractivity contribution in [3.8, 4) is 0 Å². The SMILES string of the molecule is Cl.FC1(F)CCNC(C2CCCCC2)C1. The number of rotatable bonds is 1. The van der Waals surface area contributed by atoms with Gasteiger partial charge in [0.1, 0.15) is 0 Å². The number of hydrogen-bond acceptors (Lipinski definition) is 1. The molecule has 1 saturated heterocycles. The Bertz CT molecular complexity index is 193. The van der Waals surface area contributed by atoms with Gasteiger partial charge in [0, 0.05) is 25.4 Å². The van der Waals surface area contributed by atoms with Crippen LogP contribution < -0.4 is 5.32 Å². The van der Waals surface area contributed by atoms with Crippen molar-refractivity contribution >= 4 is 12.4 Å². The highest BCUT2D eigenvalue weighted by Gasteiger charge is 2.39. The first-order chi connectivity index (χ1) is 6.67. The molecule has 1 unspecified atom stereocenters. The average Bonchev–Trinajstić information content (AvgIpc) is 2.18. The first-order valence-electron chi connectivity index (χ1n) is 5.79. The van der Waals surface area contributed by atoms with Gasteiger partial charge in [-0.05, 0) is 18.8 Å². The molecule has 0 amide bonds. The third-order valence-electron chi connectivity index (χ3n) is 3.63. The fraction of sp³-hybridized carbons (Fsp3) is 1.00. The Morgan fingerprint density at radius 2 is 1.73 bits per heavy atom. The van der Waals surface area contributed by atoms with Crippen LogP contribution >= 0.6 is 12.4 Å². The molecule has 0 aromatic carbocycles. The molecule has 2 rings (SSSR count). The van der Waals surface area contributed by atoms with Crippen molar-refractivity contribution in [1.29, 1.82) is 0 Å². The Morgan fingerprint density at radius 3 is 2.33 bits per heavy atom. The Morgan fingerprint density at radius 1 is 1.07 bits per heavy atom. The molecule has 0 radical (unpaired) electrons. The summed E-state index contributed by atoms with van der Waals surface area (Å²) in [6.45, 7) is 0.494. The maximum atomic E-state index is 13.2. The Labute approximate surface area is 96.4 Å². The molecule has 1 nitrogen and oxygen atoms in total. The predicted molar refractivity (Wildman–Crippen MR) is 59.8 cm³/mol. The predicted octanol–water partition coefficient (Wildman–Crippen LogP) is 3.38. The topological polar surface area (TPSA) is 12.0 Å². The van der Waals surface area contributed by atoms with E-state index in [1.165, 1.54) is 19.3 Å². The molecule has 0 spiro atoms. The third-order valence-corrected chi connectivity index (χ3v) is 3.63. The maximum Gasteiger partial charge on any atom is 0.250 e. The zero-order valence-electron chi connectivity index (χ0n) is 8.98. The fourth-order valence-corrected chi connectivity index (χ4v) is 2.81. The van der Waals surface area contributed by atoms with Crippen molar-refractivity contribution < 1.29 is 8.78 Å². The molecular weight excluding hydrogens is 220 g/mol. The van der Waals surface area contributed by atoms with Crippen LogP contribution in [0.4, 0.5) is 8.78 Å². The molecule has 1 heterocycles. The van der Waals surface area contributed by atoms with E-state index in [9.17, 15) is 8.78 Å². The molecule has 0 aromatic heterocycles. The second-order valence-electron chi connectivity index (χ2n) is 4.77. The monoisotopic (exact) mass is 239 g/mol. The summed E-state index contributed by atoms with van der Waals surface area (Å²) in [6.07, 6.45) is 6.14. The smallest absolute Gasteiger partial charge is 0.250 e. The molecule has 2 aliphatic rings. The van der Waals surface area contributed by atoms with Crippen molar-refractivity contribution in [2.24, 2.45) is 5.92 Å². The van der Waals surface area contributed by atoms with Crippen LogP contribution in [-0.4, -0.2) is 18.5 Å². The van der Waals surface area contributed by atoms with Crippen LogP contribution in [0.25, 0.3) is 0 Å². The molecule has 2 fully saturated rings. The summed E-state index contributed by atoms with van der Waals surface area (Å²) in [5.74, 6) is -1.90. The van der Waals surface area contributed by atoms with Gasteiger partial charge in [-0.15, -0.1) is 12.4 Å². The highest BCUT2D eigenvalue weighted by molar-refractivity contribution is 5.85. The molecule has 0 aromatic rings. The molecule has 4 heteroatoms. The van der Waals surface area contributed by atoms with Crippen molar-refractivity contribution in [1.82, 2.24) is 5.32 Å². The Hall–Kier alpha value is 0.110. The molecule has 1 saturated carbocycles. The van der Waals surface area contributed by atoms with Gasteiger partial charge in [-0.2, -0.15) is 0 Å². The largest absolute Gasteiger partial charge is 0.313 e. The van der Waals surface area contributed by atoms with Crippen LogP contribution in [0.15, 0.2) is 0 Å². The first-order valence-corrected chi connectivity index (χ1v) is 5.79. The quantitative estimate of drug-likeness (QED) is 0.740. The summed E-state index contributed by atoms with van der Waals surface area (Å²) in [7, 11) is 0. The molecular formula is C11H20ClF2N. The van der Waals surface area contributed by atoms with Gasteiger partial charge >= 0.3 is 0 Å². The number of alkyl halides is 2. The van der Waals surface area contributed by atoms with Gasteiger partial charge in [0.15, 0.2) is 0 Å². The van der Waals surface area contributed by atoms with Crippen LogP contribution in [0.2, 0.25) is 0 Å². The zero-order chi connectivity index (χ0) is 10.0. The lowest BCUT2D eigenvalue weighted by molar-refractivity contribution is -0.0505. The number of halogens is 3. The normalized spacial score (nSPS) is 32.0. The summed E-state index contributed by atoms with van der Waals surface area (Å²) in [4.78, 5) is 0. The second-order valence-corrected chi connectivity index (χ2v) is 4.77. The van der Waals surface area contributed by atoms with E-state index < -0.39 is 5.92 Å². The van der Waals surface area contributed by atoms with Crippen LogP contribution in [0.3, 0.4) is 0 Å². The molecule has 0 bridgehead atoms. The third kappa shape index (κ3) is 3.56. The van der Waals surface area contributed by atoms with E-state index in [1.807, 2.05) is 0 Å². The zero-order valence-corrected chi connectivity index (χ0v) is 9.79. The van der Waals surface area contributed by atoms with Gasteiger partial charge in [-0.1, -0.05) is 19.3 Å². The van der Waals surface area contributed by atoms with Gasteiger partial charge in [0.05, 0.1) is 0 Å². The average molecular weight is 240 g/mol. The van der Waals surface area contributed by atoms with E-state index >= 15 is 0 Å². The standard InChI is InChI=1S/C11H19F2N.ClH/c12-11(13)6-7-14-10(8-11)9-4-2-1-3-5-9;/h9-10,14H,1-8H2;1H. The van der Waals surface area contributed by atoms with Crippen molar-refractivity contribution in [3.05, 3.63) is 0 Å². The van der Waals surface area contributed by atoms with Crippen molar-refractivity contribution in [3.63, 3.8) is 0 Å². The van der Waals surface area contributed by atoms with E-state index in [-0.39, 0.29) is 31.3 Å². The minimum atomic E-state index is -2.41. The summed E-state index contributed by atoms with van der Waals surface area (Å²) in [5, 5.41) is 3.26. The van der Waals surface area contributed by atoms with Crippen LogP contribution in [0, 0.1) is 5.92 Å². The summed E-state index contributed by atoms with van der Waals surface area (Å²) in [6, 6.07) is 0.0825. The molecule has 1 atom stereocenters. The number of nitrogens with one attached hydrogen (secondary N) is 1. The van der Waals surface area contributed by atoms with Crippen molar-refractivity contribution in [2.45, 2.75) is 56.9 Å². The van der Waals surface area contributed by atoms with E-state index in [2.05, 4.69) is 5.32 Å². The van der Waals surface area contributed by atoms with E-state index in [1.54, 1.807) is 0 Å². The fourth-order valence-electron chi connectivity index (χ4n) is 2.81. The van der Waals surface area contributed by atoms with Crippen molar-refractivity contribution in [2.75, 3.05) is 6.54 Å². The van der Waals surface area contributed by atoms with Crippen LogP contribution in [0.1, 0.15) is 44.9 Å². The number of piperidine rings is 1. The van der Waals surface area contributed by atoms with Crippen LogP contribution in [0.5, 0.6) is 0 Å². The molecule has 1 N–H and O–H groups in total. The lowest BCUT2D eigenvalue weighted by Crippen LogP contribution is -2.47. The summed E-state index contributed by atoms with van der Waals surface area (Å²) < 4.78 is 26.3. The van der Waals surface area contributed by atoms with E-state index in [0.29, 0.717) is 12.5 Å². The summed E-state index contributed by atoms with van der Waals surface area (Å²) in [5.41, 5.74) is 0. The maximum absolute atomic E-state index is 13.2. The van der Waals surface area contributed by atoms with Gasteiger partial charge in [-0.25, -0.2) is 8.78 Å². The Balaban J connectivity index is 0.00000112. The molecule has 1 aliphatic carbocycles. The first kappa shape index (κ1) is 13.2. The minimum Gasteiger partial charge on any atom is -0.313 e. The number of hydrogen-bond donors (Lipinski definition) is 1. The highest BCUT2D eigenvalue weighted by atomic mass is 35.5. The van der Waals surface area contributed by atoms with E-state index in [4.69, 9.17) is 0 Å². The lowest BCUT2D eigenvalue weighted by Gasteiger charge is -2.37. The highest BCUT2D eigenvalue weighted by Crippen LogP contribution is 2.35. The Kier molecular flexibility index (Phi) is 4.78. The molecule has 15 heavy (non-hydrogen) atoms. The van der Waals surface area contributed by atoms with Gasteiger partial charge in [0.25, 0.3) is 5.92 Å². The molecule has 90 valence electrons.